The van der Waals surface area contributed by atoms with Gasteiger partial charge in [0.1, 0.15) is 11.9 Å². The van der Waals surface area contributed by atoms with Crippen LogP contribution in [-0.4, -0.2) is 69.1 Å². The van der Waals surface area contributed by atoms with Crippen molar-refractivity contribution in [2.75, 3.05) is 53.1 Å². The van der Waals surface area contributed by atoms with E-state index < -0.39 is 11.9 Å². The first-order valence-electron chi connectivity index (χ1n) is 9.18. The number of benzene rings is 1. The van der Waals surface area contributed by atoms with Gasteiger partial charge in [-0.3, -0.25) is 4.99 Å². The quantitative estimate of drug-likeness (QED) is 0.396. The van der Waals surface area contributed by atoms with E-state index in [1.54, 1.807) is 25.3 Å². The summed E-state index contributed by atoms with van der Waals surface area (Å²) in [4.78, 5) is 6.68. The van der Waals surface area contributed by atoms with Crippen molar-refractivity contribution in [2.24, 2.45) is 10.9 Å². The van der Waals surface area contributed by atoms with E-state index in [1.165, 1.54) is 6.07 Å². The minimum Gasteiger partial charge on any atom is -0.386 e. The number of hydrogen-bond acceptors (Lipinski definition) is 4. The number of nitrogens with zero attached hydrogens (tertiary/aromatic N) is 2. The maximum Gasteiger partial charge on any atom is 0.194 e. The lowest BCUT2D eigenvalue weighted by Gasteiger charge is -2.22. The third-order valence-electron chi connectivity index (χ3n) is 4.38. The molecule has 1 saturated heterocycles. The minimum absolute atomic E-state index is 0.120. The molecule has 1 aliphatic heterocycles. The van der Waals surface area contributed by atoms with Crippen LogP contribution in [0, 0.1) is 11.7 Å². The van der Waals surface area contributed by atoms with E-state index >= 15 is 0 Å². The fourth-order valence-corrected chi connectivity index (χ4v) is 3.00. The number of halogens is 1. The lowest BCUT2D eigenvalue weighted by Crippen LogP contribution is -2.40. The lowest BCUT2D eigenvalue weighted by molar-refractivity contribution is 0.0536. The number of aliphatic hydroxyl groups excluding tert-OH is 1. The van der Waals surface area contributed by atoms with Gasteiger partial charge in [0.05, 0.1) is 26.4 Å². The predicted molar refractivity (Wildman–Crippen MR) is 99.7 cm³/mol. The van der Waals surface area contributed by atoms with Gasteiger partial charge < -0.3 is 24.8 Å². The Balaban J connectivity index is 1.89. The summed E-state index contributed by atoms with van der Waals surface area (Å²) in [7, 11) is 1.66. The number of rotatable bonds is 9. The molecular weight excluding hydrogens is 337 g/mol. The van der Waals surface area contributed by atoms with E-state index in [9.17, 15) is 9.50 Å². The molecule has 7 heteroatoms. The van der Waals surface area contributed by atoms with Gasteiger partial charge in [0.15, 0.2) is 5.96 Å². The summed E-state index contributed by atoms with van der Waals surface area (Å²) >= 11 is 0. The molecule has 2 rings (SSSR count). The first-order chi connectivity index (χ1) is 12.7. The van der Waals surface area contributed by atoms with Gasteiger partial charge in [-0.05, 0) is 19.4 Å². The largest absolute Gasteiger partial charge is 0.386 e. The van der Waals surface area contributed by atoms with Gasteiger partial charge in [-0.1, -0.05) is 18.2 Å². The molecule has 0 amide bonds. The molecule has 2 unspecified atom stereocenters. The van der Waals surface area contributed by atoms with Crippen molar-refractivity contribution >= 4 is 5.96 Å². The predicted octanol–water partition coefficient (Wildman–Crippen LogP) is 1.81. The Labute approximate surface area is 155 Å². The van der Waals surface area contributed by atoms with Gasteiger partial charge in [-0.15, -0.1) is 0 Å². The van der Waals surface area contributed by atoms with E-state index in [0.717, 1.165) is 32.0 Å². The number of guanidine groups is 1. The summed E-state index contributed by atoms with van der Waals surface area (Å²) in [5.41, 5.74) is 0.276. The molecule has 0 radical (unpaired) electrons. The average molecular weight is 367 g/mol. The minimum atomic E-state index is -0.958. The second-order valence-corrected chi connectivity index (χ2v) is 6.40. The topological polar surface area (TPSA) is 66.3 Å². The molecule has 0 aliphatic carbocycles. The first-order valence-corrected chi connectivity index (χ1v) is 9.18. The standard InChI is InChI=1S/C19H30FN3O3/c1-3-21-19(22-12-18(24)16-6-4-5-7-17(16)20)23-9-8-15(13-23)14-26-11-10-25-2/h4-7,15,18,24H,3,8-14H2,1-2H3,(H,21,22). The third kappa shape index (κ3) is 6.23. The Morgan fingerprint density at radius 1 is 1.42 bits per heavy atom. The van der Waals surface area contributed by atoms with Crippen molar-refractivity contribution in [3.8, 4) is 0 Å². The highest BCUT2D eigenvalue weighted by Crippen LogP contribution is 2.19. The molecular formula is C19H30FN3O3. The summed E-state index contributed by atoms with van der Waals surface area (Å²) in [6.07, 6.45) is 0.0772. The SMILES string of the molecule is CCNC(=NCC(O)c1ccccc1F)N1CCC(COCCOC)C1. The van der Waals surface area contributed by atoms with Crippen molar-refractivity contribution < 1.29 is 19.0 Å². The van der Waals surface area contributed by atoms with Crippen molar-refractivity contribution in [2.45, 2.75) is 19.4 Å². The maximum atomic E-state index is 13.8. The number of methoxy groups -OCH3 is 1. The van der Waals surface area contributed by atoms with Gasteiger partial charge in [0.2, 0.25) is 0 Å². The summed E-state index contributed by atoms with van der Waals surface area (Å²) in [6, 6.07) is 6.26. The zero-order valence-corrected chi connectivity index (χ0v) is 15.7. The van der Waals surface area contributed by atoms with Crippen LogP contribution >= 0.6 is 0 Å². The number of likely N-dealkylation sites (tertiary alicyclic amines) is 1. The van der Waals surface area contributed by atoms with Crippen LogP contribution < -0.4 is 5.32 Å². The van der Waals surface area contributed by atoms with Gasteiger partial charge >= 0.3 is 0 Å². The third-order valence-corrected chi connectivity index (χ3v) is 4.38. The molecule has 1 fully saturated rings. The normalized spacial score (nSPS) is 19.0. The van der Waals surface area contributed by atoms with Crippen LogP contribution in [0.3, 0.4) is 0 Å². The molecule has 6 nitrogen and oxygen atoms in total. The summed E-state index contributed by atoms with van der Waals surface area (Å²) in [6.45, 7) is 6.52. The Bertz CT molecular complexity index is 571. The number of ether oxygens (including phenoxy) is 2. The second-order valence-electron chi connectivity index (χ2n) is 6.40. The van der Waals surface area contributed by atoms with E-state index in [0.29, 0.717) is 25.7 Å². The molecule has 0 saturated carbocycles. The van der Waals surface area contributed by atoms with E-state index in [2.05, 4.69) is 15.2 Å². The van der Waals surface area contributed by atoms with Crippen molar-refractivity contribution in [1.29, 1.82) is 0 Å². The number of aliphatic imine (C=N–C) groups is 1. The van der Waals surface area contributed by atoms with Crippen molar-refractivity contribution in [3.05, 3.63) is 35.6 Å². The van der Waals surface area contributed by atoms with Crippen LogP contribution in [0.2, 0.25) is 0 Å². The monoisotopic (exact) mass is 367 g/mol. The Morgan fingerprint density at radius 3 is 2.96 bits per heavy atom. The molecule has 1 aliphatic rings. The lowest BCUT2D eigenvalue weighted by atomic mass is 10.1. The van der Waals surface area contributed by atoms with Gasteiger partial charge in [-0.2, -0.15) is 0 Å². The number of nitrogens with one attached hydrogen (secondary N) is 1. The second kappa shape index (κ2) is 11.1. The zero-order chi connectivity index (χ0) is 18.8. The molecule has 0 bridgehead atoms. The molecule has 2 N–H and O–H groups in total. The molecule has 2 atom stereocenters. The van der Waals surface area contributed by atoms with E-state index in [-0.39, 0.29) is 12.1 Å². The Morgan fingerprint density at radius 2 is 2.23 bits per heavy atom. The molecule has 1 aromatic carbocycles. The molecule has 26 heavy (non-hydrogen) atoms. The van der Waals surface area contributed by atoms with Crippen LogP contribution in [0.15, 0.2) is 29.3 Å². The molecule has 0 aromatic heterocycles. The first kappa shape index (κ1) is 20.6. The van der Waals surface area contributed by atoms with Crippen LogP contribution in [0.4, 0.5) is 4.39 Å². The van der Waals surface area contributed by atoms with E-state index in [4.69, 9.17) is 9.47 Å². The number of hydrogen-bond donors (Lipinski definition) is 2. The van der Waals surface area contributed by atoms with E-state index in [1.807, 2.05) is 6.92 Å². The van der Waals surface area contributed by atoms with Crippen molar-refractivity contribution in [3.63, 3.8) is 0 Å². The van der Waals surface area contributed by atoms with Gasteiger partial charge in [-0.25, -0.2) is 4.39 Å². The molecule has 146 valence electrons. The molecule has 1 aromatic rings. The highest BCUT2D eigenvalue weighted by Gasteiger charge is 2.25. The fourth-order valence-electron chi connectivity index (χ4n) is 3.00. The van der Waals surface area contributed by atoms with Crippen LogP contribution in [0.25, 0.3) is 0 Å². The van der Waals surface area contributed by atoms with Crippen molar-refractivity contribution in [1.82, 2.24) is 10.2 Å². The smallest absolute Gasteiger partial charge is 0.194 e. The molecule has 0 spiro atoms. The van der Waals surface area contributed by atoms with Crippen LogP contribution in [0.5, 0.6) is 0 Å². The summed E-state index contributed by atoms with van der Waals surface area (Å²) in [5, 5.41) is 13.5. The average Bonchev–Trinajstić information content (AvgIpc) is 3.11. The van der Waals surface area contributed by atoms with Gasteiger partial charge in [0, 0.05) is 38.2 Å². The highest BCUT2D eigenvalue weighted by atomic mass is 19.1. The highest BCUT2D eigenvalue weighted by molar-refractivity contribution is 5.80. The summed E-state index contributed by atoms with van der Waals surface area (Å²) in [5.74, 6) is 0.795. The Hall–Kier alpha value is -1.70. The number of aliphatic hydroxyl groups is 1. The van der Waals surface area contributed by atoms with Crippen LogP contribution in [-0.2, 0) is 9.47 Å². The zero-order valence-electron chi connectivity index (χ0n) is 15.7. The van der Waals surface area contributed by atoms with Crippen LogP contribution in [0.1, 0.15) is 25.0 Å². The molecule has 1 heterocycles. The summed E-state index contributed by atoms with van der Waals surface area (Å²) < 4.78 is 24.4. The maximum absolute atomic E-state index is 13.8. The fraction of sp³-hybridized carbons (Fsp3) is 0.632. The Kier molecular flexibility index (Phi) is 8.80. The van der Waals surface area contributed by atoms with Gasteiger partial charge in [0.25, 0.3) is 0 Å².